The van der Waals surface area contributed by atoms with Gasteiger partial charge in [-0.1, -0.05) is 50.2 Å². The zero-order chi connectivity index (χ0) is 18.9. The van der Waals surface area contributed by atoms with Crippen molar-refractivity contribution in [2.45, 2.75) is 33.4 Å². The maximum Gasteiger partial charge on any atom is 0.269 e. The number of benzene rings is 2. The fourth-order valence-corrected chi connectivity index (χ4v) is 2.75. The van der Waals surface area contributed by atoms with Gasteiger partial charge in [-0.25, -0.2) is 0 Å². The molecule has 2 aromatic rings. The molecule has 0 aliphatic heterocycles. The van der Waals surface area contributed by atoms with E-state index >= 15 is 0 Å². The quantitative estimate of drug-likeness (QED) is 0.553. The number of nitro benzene ring substituents is 1. The number of nitrogens with one attached hydrogen (secondary N) is 1. The minimum absolute atomic E-state index is 0.0273. The molecule has 26 heavy (non-hydrogen) atoms. The van der Waals surface area contributed by atoms with Crippen molar-refractivity contribution in [3.8, 4) is 0 Å². The van der Waals surface area contributed by atoms with Crippen LogP contribution in [-0.2, 0) is 24.3 Å². The summed E-state index contributed by atoms with van der Waals surface area (Å²) in [6.45, 7) is 7.58. The van der Waals surface area contributed by atoms with E-state index in [-0.39, 0.29) is 18.0 Å². The summed E-state index contributed by atoms with van der Waals surface area (Å²) in [6.07, 6.45) is 0.205. The number of rotatable bonds is 9. The summed E-state index contributed by atoms with van der Waals surface area (Å²) in [5.41, 5.74) is 3.10. The third-order valence-electron chi connectivity index (χ3n) is 4.39. The van der Waals surface area contributed by atoms with Gasteiger partial charge < -0.3 is 5.32 Å². The minimum Gasteiger partial charge on any atom is -0.352 e. The second-order valence-electron chi connectivity index (χ2n) is 6.11. The van der Waals surface area contributed by atoms with E-state index < -0.39 is 4.92 Å². The topological polar surface area (TPSA) is 75.5 Å². The lowest BCUT2D eigenvalue weighted by Crippen LogP contribution is -2.27. The van der Waals surface area contributed by atoms with Crippen LogP contribution in [0.1, 0.15) is 30.5 Å². The molecule has 6 nitrogen and oxygen atoms in total. The molecule has 0 aromatic heterocycles. The van der Waals surface area contributed by atoms with Crippen molar-refractivity contribution in [1.82, 2.24) is 10.2 Å². The molecule has 138 valence electrons. The van der Waals surface area contributed by atoms with E-state index in [9.17, 15) is 14.9 Å². The molecule has 1 N–H and O–H groups in total. The molecule has 0 aliphatic carbocycles. The Balaban J connectivity index is 1.93. The average molecular weight is 355 g/mol. The van der Waals surface area contributed by atoms with Crippen LogP contribution in [-0.4, -0.2) is 28.8 Å². The van der Waals surface area contributed by atoms with Crippen LogP contribution in [0.5, 0.6) is 0 Å². The van der Waals surface area contributed by atoms with Gasteiger partial charge in [-0.15, -0.1) is 0 Å². The Morgan fingerprint density at radius 1 is 1.04 bits per heavy atom. The molecule has 0 bridgehead atoms. The first-order valence-electron chi connectivity index (χ1n) is 8.82. The lowest BCUT2D eigenvalue weighted by Gasteiger charge is -2.20. The lowest BCUT2D eigenvalue weighted by molar-refractivity contribution is -0.384. The summed E-state index contributed by atoms with van der Waals surface area (Å²) < 4.78 is 0. The van der Waals surface area contributed by atoms with Gasteiger partial charge in [0.15, 0.2) is 0 Å². The largest absolute Gasteiger partial charge is 0.352 e. The summed E-state index contributed by atoms with van der Waals surface area (Å²) in [7, 11) is 0. The van der Waals surface area contributed by atoms with E-state index in [1.165, 1.54) is 17.7 Å². The van der Waals surface area contributed by atoms with E-state index in [2.05, 4.69) is 30.1 Å². The third kappa shape index (κ3) is 5.67. The Bertz CT molecular complexity index is 740. The number of nitro groups is 1. The van der Waals surface area contributed by atoms with Crippen molar-refractivity contribution in [2.24, 2.45) is 0 Å². The van der Waals surface area contributed by atoms with Crippen LogP contribution in [0, 0.1) is 10.1 Å². The van der Waals surface area contributed by atoms with Crippen molar-refractivity contribution in [1.29, 1.82) is 0 Å². The molecule has 1 amide bonds. The lowest BCUT2D eigenvalue weighted by atomic mass is 10.1. The molecule has 2 aromatic carbocycles. The van der Waals surface area contributed by atoms with Crippen molar-refractivity contribution >= 4 is 11.6 Å². The average Bonchev–Trinajstić information content (AvgIpc) is 2.65. The fourth-order valence-electron chi connectivity index (χ4n) is 2.75. The van der Waals surface area contributed by atoms with E-state index in [1.807, 2.05) is 18.2 Å². The molecule has 0 radical (unpaired) electrons. The molecule has 0 fully saturated rings. The van der Waals surface area contributed by atoms with Crippen LogP contribution >= 0.6 is 0 Å². The second-order valence-corrected chi connectivity index (χ2v) is 6.11. The predicted molar refractivity (Wildman–Crippen MR) is 102 cm³/mol. The van der Waals surface area contributed by atoms with Gasteiger partial charge >= 0.3 is 0 Å². The number of carbonyl (C=O) groups is 1. The molecular formula is C20H25N3O3. The SMILES string of the molecule is CCN(CC)Cc1ccccc1CNC(=O)Cc1ccc([N+](=O)[O-])cc1. The summed E-state index contributed by atoms with van der Waals surface area (Å²) in [6, 6.07) is 14.2. The molecule has 0 aliphatic rings. The van der Waals surface area contributed by atoms with Gasteiger partial charge in [-0.3, -0.25) is 19.8 Å². The Labute approximate surface area is 154 Å². The second kappa shape index (κ2) is 9.68. The minimum atomic E-state index is -0.448. The highest BCUT2D eigenvalue weighted by Crippen LogP contribution is 2.13. The first-order valence-corrected chi connectivity index (χ1v) is 8.82. The monoisotopic (exact) mass is 355 g/mol. The molecule has 6 heteroatoms. The maximum atomic E-state index is 12.2. The number of non-ortho nitro benzene ring substituents is 1. The summed E-state index contributed by atoms with van der Waals surface area (Å²) in [4.78, 5) is 24.7. The van der Waals surface area contributed by atoms with Crippen LogP contribution in [0.4, 0.5) is 5.69 Å². The molecule has 0 unspecified atom stereocenters. The van der Waals surface area contributed by atoms with Gasteiger partial charge in [0.25, 0.3) is 5.69 Å². The fraction of sp³-hybridized carbons (Fsp3) is 0.350. The number of amides is 1. The van der Waals surface area contributed by atoms with Gasteiger partial charge in [0, 0.05) is 25.2 Å². The molecule has 0 saturated carbocycles. The first kappa shape index (κ1) is 19.6. The zero-order valence-corrected chi connectivity index (χ0v) is 15.3. The highest BCUT2D eigenvalue weighted by atomic mass is 16.6. The Morgan fingerprint density at radius 2 is 1.65 bits per heavy atom. The highest BCUT2D eigenvalue weighted by Gasteiger charge is 2.09. The van der Waals surface area contributed by atoms with Crippen molar-refractivity contribution in [3.63, 3.8) is 0 Å². The number of hydrogen-bond donors (Lipinski definition) is 1. The molecule has 2 rings (SSSR count). The number of carbonyl (C=O) groups excluding carboxylic acids is 1. The Morgan fingerprint density at radius 3 is 2.23 bits per heavy atom. The summed E-state index contributed by atoms with van der Waals surface area (Å²) in [5.74, 6) is -0.100. The molecule has 0 saturated heterocycles. The molecule has 0 heterocycles. The van der Waals surface area contributed by atoms with Crippen LogP contribution in [0.2, 0.25) is 0 Å². The van der Waals surface area contributed by atoms with E-state index in [4.69, 9.17) is 0 Å². The molecule has 0 spiro atoms. The molecule has 0 atom stereocenters. The molecular weight excluding hydrogens is 330 g/mol. The first-order chi connectivity index (χ1) is 12.5. The zero-order valence-electron chi connectivity index (χ0n) is 15.3. The van der Waals surface area contributed by atoms with E-state index in [0.717, 1.165) is 30.8 Å². The van der Waals surface area contributed by atoms with Crippen molar-refractivity contribution in [3.05, 3.63) is 75.3 Å². The smallest absolute Gasteiger partial charge is 0.269 e. The maximum absolute atomic E-state index is 12.2. The Hall–Kier alpha value is -2.73. The van der Waals surface area contributed by atoms with Crippen molar-refractivity contribution < 1.29 is 9.72 Å². The van der Waals surface area contributed by atoms with Gasteiger partial charge in [-0.2, -0.15) is 0 Å². The highest BCUT2D eigenvalue weighted by molar-refractivity contribution is 5.78. The van der Waals surface area contributed by atoms with Crippen LogP contribution in [0.3, 0.4) is 0 Å². The number of nitrogens with zero attached hydrogens (tertiary/aromatic N) is 2. The third-order valence-corrected chi connectivity index (χ3v) is 4.39. The van der Waals surface area contributed by atoms with Gasteiger partial charge in [0.1, 0.15) is 0 Å². The number of hydrogen-bond acceptors (Lipinski definition) is 4. The van der Waals surface area contributed by atoms with Gasteiger partial charge in [0.2, 0.25) is 5.91 Å². The summed E-state index contributed by atoms with van der Waals surface area (Å²) in [5, 5.41) is 13.6. The standard InChI is InChI=1S/C20H25N3O3/c1-3-22(4-2)15-18-8-6-5-7-17(18)14-21-20(24)13-16-9-11-19(12-10-16)23(25)26/h5-12H,3-4,13-15H2,1-2H3,(H,21,24). The van der Waals surface area contributed by atoms with Gasteiger partial charge in [0.05, 0.1) is 11.3 Å². The van der Waals surface area contributed by atoms with E-state index in [0.29, 0.717) is 6.54 Å². The predicted octanol–water partition coefficient (Wildman–Crippen LogP) is 3.30. The van der Waals surface area contributed by atoms with Crippen LogP contribution in [0.15, 0.2) is 48.5 Å². The van der Waals surface area contributed by atoms with Crippen molar-refractivity contribution in [2.75, 3.05) is 13.1 Å². The normalized spacial score (nSPS) is 10.7. The van der Waals surface area contributed by atoms with E-state index in [1.54, 1.807) is 12.1 Å². The van der Waals surface area contributed by atoms with Crippen LogP contribution < -0.4 is 5.32 Å². The van der Waals surface area contributed by atoms with Gasteiger partial charge in [-0.05, 0) is 29.8 Å². The summed E-state index contributed by atoms with van der Waals surface area (Å²) >= 11 is 0. The Kier molecular flexibility index (Phi) is 7.29. The van der Waals surface area contributed by atoms with Crippen LogP contribution in [0.25, 0.3) is 0 Å².